The number of fused-ring (bicyclic) bond motifs is 1. The van der Waals surface area contributed by atoms with Gasteiger partial charge < -0.3 is 15.0 Å². The number of H-pyrrole nitrogens is 1. The number of para-hydroxylation sites is 1. The van der Waals surface area contributed by atoms with Gasteiger partial charge in [0.05, 0.1) is 6.42 Å². The second-order valence-corrected chi connectivity index (χ2v) is 9.71. The Bertz CT molecular complexity index is 880. The number of benzene rings is 1. The highest BCUT2D eigenvalue weighted by Gasteiger charge is 2.51. The van der Waals surface area contributed by atoms with Crippen molar-refractivity contribution in [1.29, 1.82) is 0 Å². The van der Waals surface area contributed by atoms with E-state index in [0.29, 0.717) is 13.0 Å². The maximum Gasteiger partial charge on any atom is 0.306 e. The minimum atomic E-state index is -0.219. The van der Waals surface area contributed by atoms with Gasteiger partial charge in [-0.3, -0.25) is 9.59 Å². The molecule has 2 N–H and O–H groups in total. The molecule has 1 aromatic carbocycles. The molecular formula is C24H30N2O3. The first-order valence-electron chi connectivity index (χ1n) is 11.1. The van der Waals surface area contributed by atoms with Crippen molar-refractivity contribution in [3.05, 3.63) is 36.0 Å². The molecule has 4 bridgehead atoms. The predicted octanol–water partition coefficient (Wildman–Crippen LogP) is 3.98. The molecule has 5 heteroatoms. The van der Waals surface area contributed by atoms with Crippen LogP contribution in [0.3, 0.4) is 0 Å². The summed E-state index contributed by atoms with van der Waals surface area (Å²) in [6.07, 6.45) is 10.9. The third kappa shape index (κ3) is 3.92. The maximum atomic E-state index is 12.4. The maximum absolute atomic E-state index is 12.4. The standard InChI is InChI=1S/C24H30N2O3/c27-22(25-6-5-19-14-26-21-4-2-1-3-20(19)21)15-29-23(28)13-24-10-16-7-17(11-24)9-18(8-16)12-24/h1-4,14,16-18,26H,5-13,15H2,(H,25,27). The molecule has 5 nitrogen and oxygen atoms in total. The Hall–Kier alpha value is -2.30. The SMILES string of the molecule is O=C(COC(=O)CC12CC3CC(CC(C3)C1)C2)NCCc1c[nH]c2ccccc12. The zero-order valence-electron chi connectivity index (χ0n) is 16.9. The zero-order chi connectivity index (χ0) is 19.8. The number of amides is 1. The molecule has 0 atom stereocenters. The van der Waals surface area contributed by atoms with E-state index >= 15 is 0 Å². The van der Waals surface area contributed by atoms with Gasteiger partial charge in [0.15, 0.2) is 6.61 Å². The van der Waals surface area contributed by atoms with E-state index in [1.54, 1.807) is 0 Å². The van der Waals surface area contributed by atoms with Crippen molar-refractivity contribution < 1.29 is 14.3 Å². The van der Waals surface area contributed by atoms with E-state index in [1.165, 1.54) is 49.5 Å². The monoisotopic (exact) mass is 394 g/mol. The van der Waals surface area contributed by atoms with E-state index in [4.69, 9.17) is 4.74 Å². The topological polar surface area (TPSA) is 71.2 Å². The van der Waals surface area contributed by atoms with Gasteiger partial charge in [-0.05, 0) is 79.7 Å². The fourth-order valence-corrected chi connectivity index (χ4v) is 6.74. The average Bonchev–Trinajstić information content (AvgIpc) is 3.08. The molecule has 154 valence electrons. The number of carbonyl (C=O) groups is 2. The molecule has 1 amide bonds. The van der Waals surface area contributed by atoms with Crippen LogP contribution in [0.1, 0.15) is 50.5 Å². The van der Waals surface area contributed by atoms with Gasteiger partial charge >= 0.3 is 5.97 Å². The van der Waals surface area contributed by atoms with E-state index in [-0.39, 0.29) is 23.9 Å². The first-order valence-corrected chi connectivity index (χ1v) is 11.1. The van der Waals surface area contributed by atoms with Crippen LogP contribution in [0.5, 0.6) is 0 Å². The van der Waals surface area contributed by atoms with Gasteiger partial charge in [0.2, 0.25) is 0 Å². The highest BCUT2D eigenvalue weighted by Crippen LogP contribution is 2.61. The summed E-state index contributed by atoms with van der Waals surface area (Å²) in [7, 11) is 0. The van der Waals surface area contributed by atoms with Crippen molar-refractivity contribution in [2.24, 2.45) is 23.2 Å². The van der Waals surface area contributed by atoms with Gasteiger partial charge in [-0.2, -0.15) is 0 Å². The summed E-state index contributed by atoms with van der Waals surface area (Å²) in [5.74, 6) is 2.05. The number of aromatic amines is 1. The Labute approximate surface area is 171 Å². The van der Waals surface area contributed by atoms with Crippen LogP contribution in [0.4, 0.5) is 0 Å². The van der Waals surface area contributed by atoms with Crippen LogP contribution in [0.25, 0.3) is 10.9 Å². The van der Waals surface area contributed by atoms with Crippen LogP contribution in [0, 0.1) is 23.2 Å². The van der Waals surface area contributed by atoms with E-state index in [9.17, 15) is 9.59 Å². The second-order valence-electron chi connectivity index (χ2n) is 9.71. The van der Waals surface area contributed by atoms with Crippen molar-refractivity contribution in [2.75, 3.05) is 13.2 Å². The van der Waals surface area contributed by atoms with Crippen LogP contribution < -0.4 is 5.32 Å². The lowest BCUT2D eigenvalue weighted by Crippen LogP contribution is -2.47. The highest BCUT2D eigenvalue weighted by molar-refractivity contribution is 5.83. The lowest BCUT2D eigenvalue weighted by molar-refractivity contribution is -0.155. The molecule has 1 heterocycles. The van der Waals surface area contributed by atoms with Crippen molar-refractivity contribution in [3.63, 3.8) is 0 Å². The van der Waals surface area contributed by atoms with Crippen molar-refractivity contribution in [3.8, 4) is 0 Å². The second kappa shape index (κ2) is 7.51. The predicted molar refractivity (Wildman–Crippen MR) is 111 cm³/mol. The Morgan fingerprint density at radius 2 is 1.76 bits per heavy atom. The van der Waals surface area contributed by atoms with Gasteiger partial charge in [0, 0.05) is 23.6 Å². The minimum absolute atomic E-state index is 0.164. The molecule has 4 aliphatic rings. The molecule has 0 unspecified atom stereocenters. The Morgan fingerprint density at radius 1 is 1.07 bits per heavy atom. The summed E-state index contributed by atoms with van der Waals surface area (Å²) in [6.45, 7) is 0.367. The molecule has 1 aromatic heterocycles. The number of rotatable bonds is 7. The van der Waals surface area contributed by atoms with Gasteiger partial charge in [-0.25, -0.2) is 0 Å². The Morgan fingerprint density at radius 3 is 2.48 bits per heavy atom. The molecule has 4 aliphatic carbocycles. The van der Waals surface area contributed by atoms with Crippen molar-refractivity contribution in [2.45, 2.75) is 51.4 Å². The van der Waals surface area contributed by atoms with Crippen LogP contribution in [-0.4, -0.2) is 30.0 Å². The summed E-state index contributed by atoms with van der Waals surface area (Å²) in [5, 5.41) is 4.05. The fraction of sp³-hybridized carbons (Fsp3) is 0.583. The van der Waals surface area contributed by atoms with Gasteiger partial charge in [0.25, 0.3) is 5.91 Å². The third-order valence-corrected chi connectivity index (χ3v) is 7.44. The molecule has 29 heavy (non-hydrogen) atoms. The van der Waals surface area contributed by atoms with Gasteiger partial charge in [0.1, 0.15) is 0 Å². The number of carbonyl (C=O) groups excluding carboxylic acids is 2. The van der Waals surface area contributed by atoms with E-state index in [1.807, 2.05) is 24.4 Å². The number of ether oxygens (including phenoxy) is 1. The molecule has 0 saturated heterocycles. The van der Waals surface area contributed by atoms with E-state index in [2.05, 4.69) is 16.4 Å². The zero-order valence-corrected chi connectivity index (χ0v) is 16.9. The first-order chi connectivity index (χ1) is 14.1. The van der Waals surface area contributed by atoms with Crippen molar-refractivity contribution in [1.82, 2.24) is 10.3 Å². The lowest BCUT2D eigenvalue weighted by atomic mass is 9.49. The average molecular weight is 395 g/mol. The summed E-state index contributed by atoms with van der Waals surface area (Å²) in [5.41, 5.74) is 2.45. The van der Waals surface area contributed by atoms with Crippen LogP contribution in [-0.2, 0) is 20.7 Å². The highest BCUT2D eigenvalue weighted by atomic mass is 16.5. The number of nitrogens with one attached hydrogen (secondary N) is 2. The van der Waals surface area contributed by atoms with Gasteiger partial charge in [-0.15, -0.1) is 0 Å². The number of esters is 1. The molecule has 4 fully saturated rings. The number of aromatic nitrogens is 1. The summed E-state index contributed by atoms with van der Waals surface area (Å²) >= 11 is 0. The third-order valence-electron chi connectivity index (χ3n) is 7.44. The van der Waals surface area contributed by atoms with E-state index < -0.39 is 0 Å². The molecule has 0 spiro atoms. The molecule has 6 rings (SSSR count). The first kappa shape index (κ1) is 18.7. The fourth-order valence-electron chi connectivity index (χ4n) is 6.74. The summed E-state index contributed by atoms with van der Waals surface area (Å²) in [4.78, 5) is 27.8. The normalized spacial score (nSPS) is 29.9. The summed E-state index contributed by atoms with van der Waals surface area (Å²) in [6, 6.07) is 8.14. The van der Waals surface area contributed by atoms with Crippen LogP contribution >= 0.6 is 0 Å². The summed E-state index contributed by atoms with van der Waals surface area (Å²) < 4.78 is 5.34. The van der Waals surface area contributed by atoms with E-state index in [0.717, 1.165) is 29.7 Å². The molecule has 0 radical (unpaired) electrons. The molecule has 0 aliphatic heterocycles. The Balaban J connectivity index is 1.06. The van der Waals surface area contributed by atoms with Crippen LogP contribution in [0.15, 0.2) is 30.5 Å². The lowest BCUT2D eigenvalue weighted by Gasteiger charge is -2.56. The number of hydrogen-bond acceptors (Lipinski definition) is 3. The minimum Gasteiger partial charge on any atom is -0.456 e. The van der Waals surface area contributed by atoms with Crippen molar-refractivity contribution >= 4 is 22.8 Å². The molecular weight excluding hydrogens is 364 g/mol. The smallest absolute Gasteiger partial charge is 0.306 e. The quantitative estimate of drug-likeness (QED) is 0.698. The largest absolute Gasteiger partial charge is 0.456 e. The Kier molecular flexibility index (Phi) is 4.84. The molecule has 2 aromatic rings. The number of hydrogen-bond donors (Lipinski definition) is 2. The van der Waals surface area contributed by atoms with Gasteiger partial charge in [-0.1, -0.05) is 18.2 Å². The van der Waals surface area contributed by atoms with Crippen LogP contribution in [0.2, 0.25) is 0 Å². The molecule has 4 saturated carbocycles.